The Morgan fingerprint density at radius 3 is 1.97 bits per heavy atom. The number of hydrazone groups is 2. The molecule has 0 bridgehead atoms. The molecule has 0 unspecified atom stereocenters. The summed E-state index contributed by atoms with van der Waals surface area (Å²) in [5.41, 5.74) is -0.161. The fourth-order valence-electron chi connectivity index (χ4n) is 3.12. The summed E-state index contributed by atoms with van der Waals surface area (Å²) in [6.07, 6.45) is 5.32. The summed E-state index contributed by atoms with van der Waals surface area (Å²) in [7, 11) is 0. The highest BCUT2D eigenvalue weighted by Gasteiger charge is 2.57. The predicted molar refractivity (Wildman–Crippen MR) is 101 cm³/mol. The maximum atomic E-state index is 12.3. The third kappa shape index (κ3) is 3.18. The Hall–Kier alpha value is -3.82. The molecule has 0 aliphatic carbocycles. The van der Waals surface area contributed by atoms with Crippen LogP contribution in [0.4, 0.5) is 0 Å². The van der Waals surface area contributed by atoms with Gasteiger partial charge < -0.3 is 9.47 Å². The van der Waals surface area contributed by atoms with E-state index < -0.39 is 12.0 Å². The topological polar surface area (TPSA) is 110 Å². The van der Waals surface area contributed by atoms with Crippen molar-refractivity contribution in [3.8, 4) is 0 Å². The number of nitrogens with zero attached hydrogens (tertiary/aromatic N) is 6. The van der Waals surface area contributed by atoms with Gasteiger partial charge in [0.2, 0.25) is 23.6 Å². The van der Waals surface area contributed by atoms with Gasteiger partial charge in [-0.05, 0) is 24.3 Å². The van der Waals surface area contributed by atoms with Crippen molar-refractivity contribution in [1.29, 1.82) is 0 Å². The van der Waals surface area contributed by atoms with Gasteiger partial charge in [-0.3, -0.25) is 19.6 Å². The van der Waals surface area contributed by atoms with Crippen molar-refractivity contribution in [3.05, 3.63) is 60.2 Å². The molecular weight excluding hydrogens is 376 g/mol. The van der Waals surface area contributed by atoms with E-state index in [2.05, 4.69) is 20.2 Å². The van der Waals surface area contributed by atoms with Gasteiger partial charge >= 0.3 is 0 Å². The first kappa shape index (κ1) is 18.5. The maximum Gasteiger partial charge on any atom is 0.261 e. The summed E-state index contributed by atoms with van der Waals surface area (Å²) >= 11 is 0. The molecule has 29 heavy (non-hydrogen) atoms. The number of amides is 2. The normalized spacial score (nSPS) is 23.2. The van der Waals surface area contributed by atoms with Gasteiger partial charge in [-0.2, -0.15) is 10.0 Å². The molecule has 10 heteroatoms. The Kier molecular flexibility index (Phi) is 4.45. The molecule has 2 atom stereocenters. The Bertz CT molecular complexity index is 1010. The summed E-state index contributed by atoms with van der Waals surface area (Å²) in [6, 6.07) is 6.83. The van der Waals surface area contributed by atoms with Crippen LogP contribution in [0.5, 0.6) is 0 Å². The Morgan fingerprint density at radius 1 is 0.897 bits per heavy atom. The number of pyridine rings is 2. The molecule has 2 amide bonds. The van der Waals surface area contributed by atoms with Crippen molar-refractivity contribution in [1.82, 2.24) is 20.0 Å². The lowest BCUT2D eigenvalue weighted by molar-refractivity contribution is -0.187. The van der Waals surface area contributed by atoms with E-state index in [9.17, 15) is 9.59 Å². The fraction of sp³-hybridized carbons (Fsp3) is 0.263. The third-order valence-corrected chi connectivity index (χ3v) is 4.49. The second-order valence-electron chi connectivity index (χ2n) is 6.60. The minimum absolute atomic E-state index is 0.217. The lowest BCUT2D eigenvalue weighted by Crippen LogP contribution is -2.59. The van der Waals surface area contributed by atoms with E-state index in [0.29, 0.717) is 11.1 Å². The minimum Gasteiger partial charge on any atom is -0.443 e. The molecule has 0 aromatic carbocycles. The van der Waals surface area contributed by atoms with E-state index >= 15 is 0 Å². The molecule has 148 valence electrons. The van der Waals surface area contributed by atoms with Crippen LogP contribution in [0, 0.1) is 0 Å². The van der Waals surface area contributed by atoms with E-state index in [4.69, 9.17) is 9.47 Å². The molecule has 2 aromatic rings. The van der Waals surface area contributed by atoms with E-state index in [1.54, 1.807) is 56.0 Å². The molecule has 2 aromatic heterocycles. The van der Waals surface area contributed by atoms with Gasteiger partial charge in [-0.1, -0.05) is 0 Å². The molecule has 0 saturated heterocycles. The van der Waals surface area contributed by atoms with Crippen LogP contribution >= 0.6 is 0 Å². The quantitative estimate of drug-likeness (QED) is 0.776. The number of rotatable bonds is 3. The molecule has 0 fully saturated rings. The van der Waals surface area contributed by atoms with Gasteiger partial charge in [-0.15, -0.1) is 10.2 Å². The monoisotopic (exact) mass is 394 g/mol. The van der Waals surface area contributed by atoms with E-state index in [1.165, 1.54) is 13.8 Å². The van der Waals surface area contributed by atoms with E-state index in [0.717, 1.165) is 10.0 Å². The van der Waals surface area contributed by atoms with Crippen molar-refractivity contribution in [2.45, 2.75) is 32.7 Å². The van der Waals surface area contributed by atoms with Crippen molar-refractivity contribution in [2.24, 2.45) is 10.2 Å². The predicted octanol–water partition coefficient (Wildman–Crippen LogP) is 1.30. The molecule has 10 nitrogen and oxygen atoms in total. The number of carbonyl (C=O) groups excluding carboxylic acids is 2. The zero-order chi connectivity index (χ0) is 20.6. The smallest absolute Gasteiger partial charge is 0.261 e. The van der Waals surface area contributed by atoms with E-state index in [-0.39, 0.29) is 23.6 Å². The molecule has 0 N–H and O–H groups in total. The highest BCUT2D eigenvalue weighted by atomic mass is 16.6. The summed E-state index contributed by atoms with van der Waals surface area (Å²) in [6.45, 7) is 4.34. The van der Waals surface area contributed by atoms with Gasteiger partial charge in [0.05, 0.1) is 0 Å². The number of hydrogen-bond donors (Lipinski definition) is 0. The maximum absolute atomic E-state index is 12.3. The SMILES string of the molecule is CC(=O)N1N=C(c2ccncc2)O[C@@H]1[C@]1(C)OC(c2ccncc2)=NN1C(C)=O. The largest absolute Gasteiger partial charge is 0.443 e. The van der Waals surface area contributed by atoms with Crippen LogP contribution in [0.3, 0.4) is 0 Å². The number of carbonyl (C=O) groups is 2. The Balaban J connectivity index is 1.70. The first-order valence-corrected chi connectivity index (χ1v) is 8.84. The van der Waals surface area contributed by atoms with Crippen molar-refractivity contribution in [3.63, 3.8) is 0 Å². The molecule has 2 aliphatic heterocycles. The average molecular weight is 394 g/mol. The van der Waals surface area contributed by atoms with Crippen LogP contribution in [0.1, 0.15) is 31.9 Å². The Labute approximate surface area is 166 Å². The summed E-state index contributed by atoms with van der Waals surface area (Å²) in [5, 5.41) is 10.9. The fourth-order valence-corrected chi connectivity index (χ4v) is 3.12. The summed E-state index contributed by atoms with van der Waals surface area (Å²) < 4.78 is 12.1. The van der Waals surface area contributed by atoms with Gasteiger partial charge in [0.15, 0.2) is 0 Å². The second-order valence-corrected chi connectivity index (χ2v) is 6.60. The molecule has 0 saturated carbocycles. The van der Waals surface area contributed by atoms with Crippen LogP contribution in [0.15, 0.2) is 59.3 Å². The van der Waals surface area contributed by atoms with Gasteiger partial charge in [0.25, 0.3) is 12.0 Å². The van der Waals surface area contributed by atoms with Crippen LogP contribution in [0.2, 0.25) is 0 Å². The molecular formula is C19H18N6O4. The first-order valence-electron chi connectivity index (χ1n) is 8.84. The second kappa shape index (κ2) is 6.97. The first-order chi connectivity index (χ1) is 13.9. The standard InChI is InChI=1S/C19H18N6O4/c1-12(26)24-18(28-16(22-24)14-4-8-20-9-5-14)19(3)25(13(2)27)23-17(29-19)15-6-10-21-11-7-15/h4-11,18H,1-3H3/t18-,19+/m1/s1. The lowest BCUT2D eigenvalue weighted by atomic mass is 10.2. The highest BCUT2D eigenvalue weighted by Crippen LogP contribution is 2.36. The van der Waals surface area contributed by atoms with E-state index in [1.807, 2.05) is 0 Å². The third-order valence-electron chi connectivity index (χ3n) is 4.49. The van der Waals surface area contributed by atoms with Gasteiger partial charge in [0, 0.05) is 56.7 Å². The van der Waals surface area contributed by atoms with Crippen molar-refractivity contribution >= 4 is 23.6 Å². The van der Waals surface area contributed by atoms with Crippen LogP contribution in [0.25, 0.3) is 0 Å². The number of ether oxygens (including phenoxy) is 2. The van der Waals surface area contributed by atoms with Crippen LogP contribution in [-0.2, 0) is 19.1 Å². The van der Waals surface area contributed by atoms with Crippen molar-refractivity contribution < 1.29 is 19.1 Å². The molecule has 4 heterocycles. The lowest BCUT2D eigenvalue weighted by Gasteiger charge is -2.37. The Morgan fingerprint density at radius 2 is 1.45 bits per heavy atom. The number of hydrogen-bond acceptors (Lipinski definition) is 8. The minimum atomic E-state index is -1.44. The zero-order valence-electron chi connectivity index (χ0n) is 16.0. The zero-order valence-corrected chi connectivity index (χ0v) is 16.0. The average Bonchev–Trinajstić information content (AvgIpc) is 3.32. The molecule has 0 spiro atoms. The van der Waals surface area contributed by atoms with Crippen LogP contribution in [-0.4, -0.2) is 55.5 Å². The van der Waals surface area contributed by atoms with Crippen LogP contribution < -0.4 is 0 Å². The van der Waals surface area contributed by atoms with Gasteiger partial charge in [-0.25, -0.2) is 0 Å². The number of aromatic nitrogens is 2. The summed E-state index contributed by atoms with van der Waals surface area (Å²) in [4.78, 5) is 32.6. The molecule has 0 radical (unpaired) electrons. The van der Waals surface area contributed by atoms with Crippen molar-refractivity contribution in [2.75, 3.05) is 0 Å². The molecule has 4 rings (SSSR count). The highest BCUT2D eigenvalue weighted by molar-refractivity contribution is 5.98. The summed E-state index contributed by atoms with van der Waals surface area (Å²) in [5.74, 6) is -0.307. The van der Waals surface area contributed by atoms with Gasteiger partial charge in [0.1, 0.15) is 0 Å². The molecule has 2 aliphatic rings.